The first-order chi connectivity index (χ1) is 17.0. The molecule has 3 aromatic rings. The lowest BCUT2D eigenvalue weighted by molar-refractivity contribution is 0.0303. The van der Waals surface area contributed by atoms with Crippen LogP contribution in [0.5, 0.6) is 0 Å². The Bertz CT molecular complexity index is 1210. The minimum Gasteiger partial charge on any atom is -0.378 e. The zero-order valence-corrected chi connectivity index (χ0v) is 20.1. The van der Waals surface area contributed by atoms with Crippen LogP contribution < -0.4 is 9.80 Å². The van der Waals surface area contributed by atoms with Gasteiger partial charge >= 0.3 is 0 Å². The maximum atomic E-state index is 14.0. The molecule has 0 radical (unpaired) electrons. The van der Waals surface area contributed by atoms with Crippen molar-refractivity contribution in [2.75, 3.05) is 69.5 Å². The van der Waals surface area contributed by atoms with Crippen molar-refractivity contribution in [1.29, 1.82) is 0 Å². The van der Waals surface area contributed by atoms with Gasteiger partial charge in [-0.3, -0.25) is 9.78 Å². The minimum absolute atomic E-state index is 0.0453. The van der Waals surface area contributed by atoms with E-state index < -0.39 is 0 Å². The first kappa shape index (κ1) is 23.4. The number of morpholine rings is 2. The number of fused-ring (bicyclic) bond motifs is 1. The quantitative estimate of drug-likeness (QED) is 0.556. The summed E-state index contributed by atoms with van der Waals surface area (Å²) >= 11 is 0. The van der Waals surface area contributed by atoms with Gasteiger partial charge in [0.25, 0.3) is 5.91 Å². The smallest absolute Gasteiger partial charge is 0.254 e. The van der Waals surface area contributed by atoms with Gasteiger partial charge in [-0.2, -0.15) is 0 Å². The van der Waals surface area contributed by atoms with Crippen LogP contribution in [-0.4, -0.2) is 80.4 Å². The van der Waals surface area contributed by atoms with E-state index in [4.69, 9.17) is 19.4 Å². The highest BCUT2D eigenvalue weighted by molar-refractivity contribution is 5.98. The van der Waals surface area contributed by atoms with Gasteiger partial charge in [0.15, 0.2) is 0 Å². The first-order valence-electron chi connectivity index (χ1n) is 12.0. The van der Waals surface area contributed by atoms with E-state index in [1.165, 1.54) is 12.1 Å². The number of halogens is 1. The second-order valence-electron chi connectivity index (χ2n) is 8.93. The molecule has 5 rings (SSSR count). The third kappa shape index (κ3) is 4.92. The third-order valence-corrected chi connectivity index (χ3v) is 6.79. The van der Waals surface area contributed by atoms with Gasteiger partial charge in [-0.05, 0) is 37.3 Å². The summed E-state index contributed by atoms with van der Waals surface area (Å²) in [6.07, 6.45) is 1.77. The van der Waals surface area contributed by atoms with Crippen molar-refractivity contribution in [3.8, 4) is 0 Å². The Morgan fingerprint density at radius 1 is 1.06 bits per heavy atom. The lowest BCUT2D eigenvalue weighted by Gasteiger charge is -2.31. The van der Waals surface area contributed by atoms with Gasteiger partial charge in [0, 0.05) is 50.0 Å². The lowest BCUT2D eigenvalue weighted by atomic mass is 10.00. The number of carbonyl (C=O) groups excluding carboxylic acids is 1. The van der Waals surface area contributed by atoms with E-state index >= 15 is 0 Å². The molecule has 1 unspecified atom stereocenters. The molecule has 0 saturated carbocycles. The standard InChI is InChI=1S/C26H30FN5O3/c1-18(30(2)21-5-3-4-20(27)16-21)22-14-19(26(33)32-8-12-35-13-9-32)15-23-25(22)29-24(17-28-23)31-6-10-34-11-7-31/h3-5,14-18H,6-13H2,1-2H3. The van der Waals surface area contributed by atoms with Crippen LogP contribution in [0, 0.1) is 5.82 Å². The molecular formula is C26H30FN5O3. The van der Waals surface area contributed by atoms with Crippen molar-refractivity contribution in [2.24, 2.45) is 0 Å². The monoisotopic (exact) mass is 479 g/mol. The molecule has 2 aromatic carbocycles. The van der Waals surface area contributed by atoms with Crippen molar-refractivity contribution in [1.82, 2.24) is 14.9 Å². The van der Waals surface area contributed by atoms with Crippen LogP contribution in [0.3, 0.4) is 0 Å². The number of carbonyl (C=O) groups is 1. The number of benzene rings is 2. The maximum absolute atomic E-state index is 14.0. The molecule has 0 spiro atoms. The zero-order valence-electron chi connectivity index (χ0n) is 20.1. The molecule has 2 fully saturated rings. The van der Waals surface area contributed by atoms with Gasteiger partial charge in [-0.25, -0.2) is 9.37 Å². The van der Waals surface area contributed by atoms with E-state index in [-0.39, 0.29) is 17.8 Å². The van der Waals surface area contributed by atoms with Crippen molar-refractivity contribution in [3.05, 3.63) is 59.5 Å². The summed E-state index contributed by atoms with van der Waals surface area (Å²) in [4.78, 5) is 29.0. The summed E-state index contributed by atoms with van der Waals surface area (Å²) in [6, 6.07) is 10.0. The number of amides is 1. The summed E-state index contributed by atoms with van der Waals surface area (Å²) in [6.45, 7) is 7.03. The van der Waals surface area contributed by atoms with Crippen molar-refractivity contribution in [2.45, 2.75) is 13.0 Å². The molecule has 184 valence electrons. The molecule has 2 saturated heterocycles. The molecule has 1 atom stereocenters. The Hall–Kier alpha value is -3.30. The number of hydrogen-bond donors (Lipinski definition) is 0. The van der Waals surface area contributed by atoms with Crippen LogP contribution in [0.2, 0.25) is 0 Å². The van der Waals surface area contributed by atoms with Crippen LogP contribution in [0.15, 0.2) is 42.6 Å². The molecule has 1 aromatic heterocycles. The molecule has 0 aliphatic carbocycles. The van der Waals surface area contributed by atoms with E-state index in [0.29, 0.717) is 50.6 Å². The van der Waals surface area contributed by atoms with Crippen molar-refractivity contribution in [3.63, 3.8) is 0 Å². The Morgan fingerprint density at radius 3 is 2.49 bits per heavy atom. The van der Waals surface area contributed by atoms with Gasteiger partial charge in [-0.15, -0.1) is 0 Å². The molecule has 8 nitrogen and oxygen atoms in total. The molecule has 3 heterocycles. The third-order valence-electron chi connectivity index (χ3n) is 6.79. The number of aromatic nitrogens is 2. The van der Waals surface area contributed by atoms with E-state index in [9.17, 15) is 9.18 Å². The Balaban J connectivity index is 1.58. The van der Waals surface area contributed by atoms with Gasteiger partial charge < -0.3 is 24.2 Å². The highest BCUT2D eigenvalue weighted by Gasteiger charge is 2.24. The Kier molecular flexibility index (Phi) is 6.79. The minimum atomic E-state index is -0.294. The number of anilines is 2. The number of rotatable bonds is 5. The molecule has 2 aliphatic heterocycles. The van der Waals surface area contributed by atoms with E-state index in [1.807, 2.05) is 42.0 Å². The number of hydrogen-bond acceptors (Lipinski definition) is 7. The van der Waals surface area contributed by atoms with Gasteiger partial charge in [0.1, 0.15) is 11.6 Å². The van der Waals surface area contributed by atoms with Crippen molar-refractivity contribution < 1.29 is 18.7 Å². The average Bonchev–Trinajstić information content (AvgIpc) is 2.92. The largest absolute Gasteiger partial charge is 0.378 e. The van der Waals surface area contributed by atoms with Gasteiger partial charge in [0.05, 0.1) is 49.7 Å². The lowest BCUT2D eigenvalue weighted by Crippen LogP contribution is -2.40. The molecule has 9 heteroatoms. The highest BCUT2D eigenvalue weighted by Crippen LogP contribution is 2.32. The predicted octanol–water partition coefficient (Wildman–Crippen LogP) is 3.28. The van der Waals surface area contributed by atoms with Crippen LogP contribution in [0.1, 0.15) is 28.9 Å². The summed E-state index contributed by atoms with van der Waals surface area (Å²) < 4.78 is 24.8. The summed E-state index contributed by atoms with van der Waals surface area (Å²) in [7, 11) is 1.92. The molecule has 0 N–H and O–H groups in total. The normalized spacial score (nSPS) is 17.5. The fraction of sp³-hybridized carbons (Fsp3) is 0.423. The second kappa shape index (κ2) is 10.1. The van der Waals surface area contributed by atoms with Crippen LogP contribution in [-0.2, 0) is 9.47 Å². The van der Waals surface area contributed by atoms with Crippen molar-refractivity contribution >= 4 is 28.4 Å². The van der Waals surface area contributed by atoms with Gasteiger partial charge in [0.2, 0.25) is 0 Å². The molecule has 2 aliphatic rings. The summed E-state index contributed by atoms with van der Waals surface area (Å²) in [5.41, 5.74) is 3.59. The van der Waals surface area contributed by atoms with Gasteiger partial charge in [-0.1, -0.05) is 6.07 Å². The molecule has 1 amide bonds. The van der Waals surface area contributed by atoms with E-state index in [0.717, 1.165) is 35.7 Å². The van der Waals surface area contributed by atoms with E-state index in [2.05, 4.69) is 4.90 Å². The number of nitrogens with zero attached hydrogens (tertiary/aromatic N) is 5. The van der Waals surface area contributed by atoms with E-state index in [1.54, 1.807) is 12.3 Å². The zero-order chi connectivity index (χ0) is 24.4. The summed E-state index contributed by atoms with van der Waals surface area (Å²) in [5.74, 6) is 0.447. The fourth-order valence-corrected chi connectivity index (χ4v) is 4.60. The first-order valence-corrected chi connectivity index (χ1v) is 12.0. The van der Waals surface area contributed by atoms with Crippen LogP contribution in [0.25, 0.3) is 11.0 Å². The van der Waals surface area contributed by atoms with Crippen LogP contribution >= 0.6 is 0 Å². The fourth-order valence-electron chi connectivity index (χ4n) is 4.60. The topological polar surface area (TPSA) is 71.0 Å². The predicted molar refractivity (Wildman–Crippen MR) is 133 cm³/mol. The summed E-state index contributed by atoms with van der Waals surface area (Å²) in [5, 5.41) is 0. The average molecular weight is 480 g/mol. The second-order valence-corrected chi connectivity index (χ2v) is 8.93. The Morgan fingerprint density at radius 2 is 1.77 bits per heavy atom. The highest BCUT2D eigenvalue weighted by atomic mass is 19.1. The number of ether oxygens (including phenoxy) is 2. The molecular weight excluding hydrogens is 449 g/mol. The maximum Gasteiger partial charge on any atom is 0.254 e. The van der Waals surface area contributed by atoms with Crippen LogP contribution in [0.4, 0.5) is 15.9 Å². The Labute approximate surface area is 204 Å². The molecule has 0 bridgehead atoms. The SMILES string of the molecule is CC(c1cc(C(=O)N2CCOCC2)cc2ncc(N3CCOCC3)nc12)N(C)c1cccc(F)c1. The molecule has 35 heavy (non-hydrogen) atoms.